The average Bonchev–Trinajstić information content (AvgIpc) is 2.04. The van der Waals surface area contributed by atoms with Crippen LogP contribution in [0.3, 0.4) is 0 Å². The first-order chi connectivity index (χ1) is 6.11. The summed E-state index contributed by atoms with van der Waals surface area (Å²) in [5, 5.41) is 0. The van der Waals surface area contributed by atoms with Crippen molar-refractivity contribution in [2.45, 2.75) is 45.5 Å². The summed E-state index contributed by atoms with van der Waals surface area (Å²) in [5.41, 5.74) is 0. The second-order valence-corrected chi connectivity index (χ2v) is 3.31. The second-order valence-electron chi connectivity index (χ2n) is 3.31. The molecule has 1 radical (unpaired) electrons. The molecule has 0 aliphatic rings. The van der Waals surface area contributed by atoms with E-state index >= 15 is 0 Å². The molecule has 0 saturated carbocycles. The molecular weight excluding hydrogens is 164 g/mol. The van der Waals surface area contributed by atoms with Crippen molar-refractivity contribution >= 4 is 0 Å². The molecule has 0 spiro atoms. The molecule has 0 rings (SSSR count). The number of allylic oxidation sites excluding steroid dienone is 1. The summed E-state index contributed by atoms with van der Waals surface area (Å²) in [5.74, 6) is 0. The third-order valence-electron chi connectivity index (χ3n) is 1.71. The Balaban J connectivity index is 3.98. The predicted octanol–water partition coefficient (Wildman–Crippen LogP) is 2.60. The Labute approximate surface area is 81.9 Å². The Morgan fingerprint density at radius 1 is 1.31 bits per heavy atom. The van der Waals surface area contributed by atoms with Gasteiger partial charge in [-0.15, -0.1) is 0 Å². The van der Waals surface area contributed by atoms with E-state index < -0.39 is 0 Å². The summed E-state index contributed by atoms with van der Waals surface area (Å²) >= 11 is 0. The molecule has 2 unspecified atom stereocenters. The minimum atomic E-state index is 0.0316. The fourth-order valence-corrected chi connectivity index (χ4v) is 1.16. The van der Waals surface area contributed by atoms with Gasteiger partial charge in [-0.25, -0.2) is 0 Å². The molecular formula is C11H21O2. The van der Waals surface area contributed by atoms with Gasteiger partial charge < -0.3 is 9.47 Å². The summed E-state index contributed by atoms with van der Waals surface area (Å²) in [6.07, 6.45) is 5.14. The minimum absolute atomic E-state index is 0.0316. The van der Waals surface area contributed by atoms with Gasteiger partial charge in [-0.3, -0.25) is 0 Å². The van der Waals surface area contributed by atoms with Crippen molar-refractivity contribution < 1.29 is 9.47 Å². The van der Waals surface area contributed by atoms with Crippen molar-refractivity contribution in [3.8, 4) is 0 Å². The molecule has 0 bridgehead atoms. The first-order valence-corrected chi connectivity index (χ1v) is 4.76. The van der Waals surface area contributed by atoms with Crippen LogP contribution in [0.25, 0.3) is 0 Å². The molecule has 0 N–H and O–H groups in total. The molecule has 0 fully saturated rings. The van der Waals surface area contributed by atoms with Crippen molar-refractivity contribution in [1.82, 2.24) is 0 Å². The molecule has 0 saturated heterocycles. The minimum Gasteiger partial charge on any atom is -0.375 e. The quantitative estimate of drug-likeness (QED) is 0.592. The van der Waals surface area contributed by atoms with Gasteiger partial charge >= 0.3 is 0 Å². The predicted molar refractivity (Wildman–Crippen MR) is 55.6 cm³/mol. The topological polar surface area (TPSA) is 18.5 Å². The van der Waals surface area contributed by atoms with Crippen LogP contribution >= 0.6 is 0 Å². The number of ether oxygens (including phenoxy) is 2. The lowest BCUT2D eigenvalue weighted by Gasteiger charge is -2.22. The van der Waals surface area contributed by atoms with Gasteiger partial charge in [-0.2, -0.15) is 0 Å². The molecule has 2 heteroatoms. The van der Waals surface area contributed by atoms with E-state index in [9.17, 15) is 0 Å². The Morgan fingerprint density at radius 3 is 2.31 bits per heavy atom. The molecule has 0 aromatic rings. The van der Waals surface area contributed by atoms with Gasteiger partial charge in [0.15, 0.2) is 0 Å². The third kappa shape index (κ3) is 5.83. The maximum Gasteiger partial charge on any atom is 0.101 e. The lowest BCUT2D eigenvalue weighted by molar-refractivity contribution is -0.0520. The number of hydrogen-bond acceptors (Lipinski definition) is 2. The maximum absolute atomic E-state index is 5.60. The number of hydrogen-bond donors (Lipinski definition) is 0. The van der Waals surface area contributed by atoms with E-state index in [0.29, 0.717) is 0 Å². The van der Waals surface area contributed by atoms with Crippen LogP contribution in [-0.4, -0.2) is 25.4 Å². The first kappa shape index (κ1) is 12.7. The van der Waals surface area contributed by atoms with E-state index in [-0.39, 0.29) is 18.3 Å². The maximum atomic E-state index is 5.60. The van der Waals surface area contributed by atoms with Gasteiger partial charge in [0, 0.05) is 7.11 Å². The van der Waals surface area contributed by atoms with E-state index in [4.69, 9.17) is 9.47 Å². The smallest absolute Gasteiger partial charge is 0.101 e. The van der Waals surface area contributed by atoms with Crippen molar-refractivity contribution in [3.05, 3.63) is 19.1 Å². The number of methoxy groups -OCH3 is 1. The zero-order chi connectivity index (χ0) is 10.3. The molecule has 0 aromatic carbocycles. The lowest BCUT2D eigenvalue weighted by atomic mass is 10.2. The molecule has 13 heavy (non-hydrogen) atoms. The second kappa shape index (κ2) is 7.10. The monoisotopic (exact) mass is 185 g/mol. The van der Waals surface area contributed by atoms with E-state index in [1.165, 1.54) is 0 Å². The molecule has 0 heterocycles. The van der Waals surface area contributed by atoms with Crippen LogP contribution in [0.15, 0.2) is 12.2 Å². The van der Waals surface area contributed by atoms with Gasteiger partial charge in [0.05, 0.1) is 12.2 Å². The SMILES string of the molecule is [CH2]C/C=C/C(OC)C(C)OC(C)C. The Hall–Kier alpha value is -0.340. The van der Waals surface area contributed by atoms with Gasteiger partial charge in [0.2, 0.25) is 0 Å². The summed E-state index contributed by atoms with van der Waals surface area (Å²) in [6.45, 7) is 9.79. The van der Waals surface area contributed by atoms with Crippen molar-refractivity contribution in [2.75, 3.05) is 7.11 Å². The molecule has 77 valence electrons. The Morgan fingerprint density at radius 2 is 1.92 bits per heavy atom. The number of rotatable bonds is 6. The third-order valence-corrected chi connectivity index (χ3v) is 1.71. The van der Waals surface area contributed by atoms with Crippen LogP contribution in [0, 0.1) is 6.92 Å². The highest BCUT2D eigenvalue weighted by atomic mass is 16.5. The van der Waals surface area contributed by atoms with Crippen LogP contribution in [0.2, 0.25) is 0 Å². The highest BCUT2D eigenvalue weighted by Gasteiger charge is 2.14. The van der Waals surface area contributed by atoms with Crippen molar-refractivity contribution in [3.63, 3.8) is 0 Å². The first-order valence-electron chi connectivity index (χ1n) is 4.76. The zero-order valence-electron chi connectivity index (χ0n) is 9.12. The van der Waals surface area contributed by atoms with Crippen LogP contribution in [0.1, 0.15) is 27.2 Å². The Bertz CT molecular complexity index is 141. The molecule has 0 amide bonds. The van der Waals surface area contributed by atoms with Crippen LogP contribution in [0.4, 0.5) is 0 Å². The highest BCUT2D eigenvalue weighted by Crippen LogP contribution is 2.07. The van der Waals surface area contributed by atoms with Gasteiger partial charge in [-0.05, 0) is 34.1 Å². The van der Waals surface area contributed by atoms with Crippen LogP contribution in [-0.2, 0) is 9.47 Å². The highest BCUT2D eigenvalue weighted by molar-refractivity contribution is 4.93. The molecule has 0 aliphatic carbocycles. The van der Waals surface area contributed by atoms with Crippen LogP contribution in [0.5, 0.6) is 0 Å². The largest absolute Gasteiger partial charge is 0.375 e. The Kier molecular flexibility index (Phi) is 6.92. The molecule has 0 aliphatic heterocycles. The lowest BCUT2D eigenvalue weighted by Crippen LogP contribution is -2.28. The summed E-state index contributed by atoms with van der Waals surface area (Å²) in [7, 11) is 1.69. The summed E-state index contributed by atoms with van der Waals surface area (Å²) < 4.78 is 10.9. The molecule has 2 nitrogen and oxygen atoms in total. The van der Waals surface area contributed by atoms with E-state index in [1.807, 2.05) is 32.9 Å². The zero-order valence-corrected chi connectivity index (χ0v) is 9.12. The van der Waals surface area contributed by atoms with Gasteiger partial charge in [-0.1, -0.05) is 12.2 Å². The van der Waals surface area contributed by atoms with E-state index in [0.717, 1.165) is 6.42 Å². The summed E-state index contributed by atoms with van der Waals surface area (Å²) in [6, 6.07) is 0. The fourth-order valence-electron chi connectivity index (χ4n) is 1.16. The van der Waals surface area contributed by atoms with Crippen LogP contribution < -0.4 is 0 Å². The normalized spacial score (nSPS) is 16.8. The summed E-state index contributed by atoms with van der Waals surface area (Å²) in [4.78, 5) is 0. The molecule has 2 atom stereocenters. The fraction of sp³-hybridized carbons (Fsp3) is 0.727. The molecule has 0 aromatic heterocycles. The van der Waals surface area contributed by atoms with E-state index in [2.05, 4.69) is 6.92 Å². The van der Waals surface area contributed by atoms with Gasteiger partial charge in [0.25, 0.3) is 0 Å². The van der Waals surface area contributed by atoms with Crippen molar-refractivity contribution in [2.24, 2.45) is 0 Å². The van der Waals surface area contributed by atoms with Gasteiger partial charge in [0.1, 0.15) is 6.10 Å². The van der Waals surface area contributed by atoms with E-state index in [1.54, 1.807) is 7.11 Å². The van der Waals surface area contributed by atoms with Crippen molar-refractivity contribution in [1.29, 1.82) is 0 Å². The standard InChI is InChI=1S/C11H21O2/c1-6-7-8-11(12-5)10(4)13-9(2)3/h7-11H,1,6H2,2-5H3/b8-7+. The average molecular weight is 185 g/mol.